The van der Waals surface area contributed by atoms with Gasteiger partial charge >= 0.3 is 0 Å². The van der Waals surface area contributed by atoms with Gasteiger partial charge in [-0.1, -0.05) is 6.92 Å². The Morgan fingerprint density at radius 1 is 1.50 bits per heavy atom. The first-order valence-corrected chi connectivity index (χ1v) is 8.47. The van der Waals surface area contributed by atoms with E-state index in [1.54, 1.807) is 0 Å². The molecule has 0 aliphatic carbocycles. The van der Waals surface area contributed by atoms with Crippen molar-refractivity contribution in [1.82, 2.24) is 10.2 Å². The summed E-state index contributed by atoms with van der Waals surface area (Å²) in [7, 11) is 0. The Balaban J connectivity index is 2.10. The Kier molecular flexibility index (Phi) is 5.22. The van der Waals surface area contributed by atoms with E-state index in [1.807, 2.05) is 11.3 Å². The number of piperidine rings is 1. The molecule has 112 valence electrons. The molecule has 1 saturated heterocycles. The highest BCUT2D eigenvalue weighted by Crippen LogP contribution is 2.31. The van der Waals surface area contributed by atoms with Crippen LogP contribution in [0.1, 0.15) is 54.5 Å². The third-order valence-electron chi connectivity index (χ3n) is 4.11. The van der Waals surface area contributed by atoms with Gasteiger partial charge in [0.25, 0.3) is 0 Å². The molecule has 4 heteroatoms. The summed E-state index contributed by atoms with van der Waals surface area (Å²) in [6.07, 6.45) is 3.14. The van der Waals surface area contributed by atoms with Crippen molar-refractivity contribution >= 4 is 17.2 Å². The molecular formula is C16H26N2OS. The monoisotopic (exact) mass is 294 g/mol. The molecule has 0 spiro atoms. The minimum atomic E-state index is 0.0196. The topological polar surface area (TPSA) is 32.3 Å². The Hall–Kier alpha value is -0.870. The molecule has 1 aliphatic heterocycles. The van der Waals surface area contributed by atoms with Crippen molar-refractivity contribution in [1.29, 1.82) is 0 Å². The van der Waals surface area contributed by atoms with Gasteiger partial charge in [-0.15, -0.1) is 11.3 Å². The molecule has 3 nitrogen and oxygen atoms in total. The molecule has 2 rings (SSSR count). The molecule has 1 fully saturated rings. The van der Waals surface area contributed by atoms with Crippen molar-refractivity contribution in [3.8, 4) is 0 Å². The van der Waals surface area contributed by atoms with Gasteiger partial charge in [0.1, 0.15) is 0 Å². The van der Waals surface area contributed by atoms with Crippen LogP contribution in [0.3, 0.4) is 0 Å². The SMILES string of the molecule is CCCNC1CCCN(C(C)c2cc(C)sc2C)C1=O. The minimum Gasteiger partial charge on any atom is -0.335 e. The fourth-order valence-corrected chi connectivity index (χ4v) is 4.04. The highest BCUT2D eigenvalue weighted by atomic mass is 32.1. The van der Waals surface area contributed by atoms with Gasteiger partial charge in [-0.05, 0) is 58.2 Å². The Morgan fingerprint density at radius 2 is 2.25 bits per heavy atom. The summed E-state index contributed by atoms with van der Waals surface area (Å²) >= 11 is 1.82. The molecule has 0 saturated carbocycles. The number of amides is 1. The number of nitrogens with zero attached hydrogens (tertiary/aromatic N) is 1. The number of hydrogen-bond donors (Lipinski definition) is 1. The summed E-state index contributed by atoms with van der Waals surface area (Å²) in [6.45, 7) is 10.4. The number of hydrogen-bond acceptors (Lipinski definition) is 3. The molecule has 0 aromatic carbocycles. The normalized spacial score (nSPS) is 21.3. The first kappa shape index (κ1) is 15.5. The zero-order chi connectivity index (χ0) is 14.7. The molecule has 0 bridgehead atoms. The fourth-order valence-electron chi connectivity index (χ4n) is 3.03. The average molecular weight is 294 g/mol. The predicted octanol–water partition coefficient (Wildman–Crippen LogP) is 3.42. The molecule has 2 heterocycles. The molecule has 2 atom stereocenters. The molecular weight excluding hydrogens is 268 g/mol. The lowest BCUT2D eigenvalue weighted by Gasteiger charge is -2.37. The molecule has 1 aromatic heterocycles. The van der Waals surface area contributed by atoms with Crippen LogP contribution in [0.4, 0.5) is 0 Å². The zero-order valence-corrected chi connectivity index (χ0v) is 13.8. The van der Waals surface area contributed by atoms with Gasteiger partial charge < -0.3 is 10.2 Å². The largest absolute Gasteiger partial charge is 0.335 e. The van der Waals surface area contributed by atoms with Gasteiger partial charge in [-0.3, -0.25) is 4.79 Å². The second-order valence-corrected chi connectivity index (χ2v) is 7.19. The van der Waals surface area contributed by atoms with Crippen LogP contribution in [-0.2, 0) is 4.79 Å². The molecule has 20 heavy (non-hydrogen) atoms. The third-order valence-corrected chi connectivity index (χ3v) is 5.09. The lowest BCUT2D eigenvalue weighted by Crippen LogP contribution is -2.51. The van der Waals surface area contributed by atoms with Crippen LogP contribution in [0, 0.1) is 13.8 Å². The van der Waals surface area contributed by atoms with E-state index in [0.717, 1.165) is 32.4 Å². The summed E-state index contributed by atoms with van der Waals surface area (Å²) in [5.74, 6) is 0.278. The van der Waals surface area contributed by atoms with Gasteiger partial charge in [0, 0.05) is 16.3 Å². The quantitative estimate of drug-likeness (QED) is 0.902. The summed E-state index contributed by atoms with van der Waals surface area (Å²) in [4.78, 5) is 17.4. The van der Waals surface area contributed by atoms with E-state index in [2.05, 4.69) is 44.0 Å². The van der Waals surface area contributed by atoms with Crippen LogP contribution in [0.5, 0.6) is 0 Å². The van der Waals surface area contributed by atoms with Gasteiger partial charge in [0.05, 0.1) is 12.1 Å². The van der Waals surface area contributed by atoms with E-state index < -0.39 is 0 Å². The maximum absolute atomic E-state index is 12.6. The first-order valence-electron chi connectivity index (χ1n) is 7.65. The smallest absolute Gasteiger partial charge is 0.240 e. The van der Waals surface area contributed by atoms with Crippen LogP contribution < -0.4 is 5.32 Å². The number of carbonyl (C=O) groups excluding carboxylic acids is 1. The van der Waals surface area contributed by atoms with Crippen molar-refractivity contribution in [3.05, 3.63) is 21.4 Å². The number of nitrogens with one attached hydrogen (secondary N) is 1. The predicted molar refractivity (Wildman–Crippen MR) is 85.2 cm³/mol. The molecule has 1 amide bonds. The number of rotatable bonds is 5. The zero-order valence-electron chi connectivity index (χ0n) is 13.0. The van der Waals surface area contributed by atoms with Crippen LogP contribution in [-0.4, -0.2) is 29.9 Å². The van der Waals surface area contributed by atoms with Crippen molar-refractivity contribution in [3.63, 3.8) is 0 Å². The first-order chi connectivity index (χ1) is 9.54. The standard InChI is InChI=1S/C16H26N2OS/c1-5-8-17-15-7-6-9-18(16(15)19)12(3)14-10-11(2)20-13(14)4/h10,12,15,17H,5-9H2,1-4H3. The van der Waals surface area contributed by atoms with Crippen molar-refractivity contribution in [2.75, 3.05) is 13.1 Å². The van der Waals surface area contributed by atoms with Crippen LogP contribution >= 0.6 is 11.3 Å². The van der Waals surface area contributed by atoms with E-state index in [-0.39, 0.29) is 18.0 Å². The van der Waals surface area contributed by atoms with Crippen molar-refractivity contribution < 1.29 is 4.79 Å². The lowest BCUT2D eigenvalue weighted by atomic mass is 9.99. The van der Waals surface area contributed by atoms with Gasteiger partial charge in [-0.2, -0.15) is 0 Å². The van der Waals surface area contributed by atoms with Crippen molar-refractivity contribution in [2.24, 2.45) is 0 Å². The Bertz CT molecular complexity index is 469. The van der Waals surface area contributed by atoms with Gasteiger partial charge in [0.15, 0.2) is 0 Å². The lowest BCUT2D eigenvalue weighted by molar-refractivity contribution is -0.138. The summed E-state index contributed by atoms with van der Waals surface area (Å²) in [6, 6.07) is 2.45. The van der Waals surface area contributed by atoms with E-state index in [4.69, 9.17) is 0 Å². The van der Waals surface area contributed by atoms with Crippen LogP contribution in [0.25, 0.3) is 0 Å². The van der Waals surface area contributed by atoms with E-state index in [9.17, 15) is 4.79 Å². The molecule has 2 unspecified atom stereocenters. The van der Waals surface area contributed by atoms with Crippen molar-refractivity contribution in [2.45, 2.75) is 59.0 Å². The van der Waals surface area contributed by atoms with Crippen LogP contribution in [0.2, 0.25) is 0 Å². The minimum absolute atomic E-state index is 0.0196. The molecule has 1 aromatic rings. The van der Waals surface area contributed by atoms with E-state index in [1.165, 1.54) is 15.3 Å². The summed E-state index contributed by atoms with van der Waals surface area (Å²) in [5.41, 5.74) is 1.32. The Morgan fingerprint density at radius 3 is 2.85 bits per heavy atom. The second kappa shape index (κ2) is 6.72. The average Bonchev–Trinajstić information content (AvgIpc) is 2.76. The van der Waals surface area contributed by atoms with Gasteiger partial charge in [0.2, 0.25) is 5.91 Å². The molecule has 1 N–H and O–H groups in total. The summed E-state index contributed by atoms with van der Waals surface area (Å²) in [5, 5.41) is 3.39. The van der Waals surface area contributed by atoms with Crippen LogP contribution in [0.15, 0.2) is 6.07 Å². The number of thiophene rings is 1. The van der Waals surface area contributed by atoms with E-state index >= 15 is 0 Å². The summed E-state index contributed by atoms with van der Waals surface area (Å²) < 4.78 is 0. The van der Waals surface area contributed by atoms with E-state index in [0.29, 0.717) is 0 Å². The Labute approximate surface area is 126 Å². The number of aryl methyl sites for hydroxylation is 2. The highest BCUT2D eigenvalue weighted by Gasteiger charge is 2.32. The van der Waals surface area contributed by atoms with Gasteiger partial charge in [-0.25, -0.2) is 0 Å². The fraction of sp³-hybridized carbons (Fsp3) is 0.688. The third kappa shape index (κ3) is 3.23. The second-order valence-electron chi connectivity index (χ2n) is 5.73. The maximum Gasteiger partial charge on any atom is 0.240 e. The number of carbonyl (C=O) groups is 1. The maximum atomic E-state index is 12.6. The molecule has 0 radical (unpaired) electrons. The number of likely N-dealkylation sites (tertiary alicyclic amines) is 1. The molecule has 1 aliphatic rings. The highest BCUT2D eigenvalue weighted by molar-refractivity contribution is 7.12.